The fourth-order valence-corrected chi connectivity index (χ4v) is 1.55. The summed E-state index contributed by atoms with van der Waals surface area (Å²) in [5.74, 6) is -0.535. The van der Waals surface area contributed by atoms with E-state index in [-0.39, 0.29) is 12.2 Å². The molecule has 0 fully saturated rings. The predicted octanol–water partition coefficient (Wildman–Crippen LogP) is 2.80. The van der Waals surface area contributed by atoms with E-state index in [1.165, 1.54) is 12.8 Å². The predicted molar refractivity (Wildman–Crippen MR) is 66.1 cm³/mol. The van der Waals surface area contributed by atoms with Crippen molar-refractivity contribution in [3.63, 3.8) is 0 Å². The van der Waals surface area contributed by atoms with Gasteiger partial charge in [-0.05, 0) is 19.8 Å². The van der Waals surface area contributed by atoms with Gasteiger partial charge in [-0.15, -0.1) is 0 Å². The van der Waals surface area contributed by atoms with E-state index in [9.17, 15) is 9.59 Å². The van der Waals surface area contributed by atoms with E-state index < -0.39 is 5.97 Å². The van der Waals surface area contributed by atoms with Crippen LogP contribution < -0.4 is 0 Å². The number of hydrogen-bond acceptors (Lipinski definition) is 3. The van der Waals surface area contributed by atoms with E-state index in [1.807, 2.05) is 0 Å². The molecule has 0 atom stereocenters. The number of ether oxygens (including phenoxy) is 1. The van der Waals surface area contributed by atoms with Gasteiger partial charge >= 0.3 is 5.97 Å². The Kier molecular flexibility index (Phi) is 11.0. The van der Waals surface area contributed by atoms with Crippen LogP contribution in [-0.4, -0.2) is 30.1 Å². The average molecular weight is 244 g/mol. The van der Waals surface area contributed by atoms with Crippen LogP contribution in [0.15, 0.2) is 0 Å². The number of Topliss-reactive ketones (excluding diaryl/α,β-unsaturated/α-hetero) is 1. The lowest BCUT2D eigenvalue weighted by Gasteiger charge is -2.02. The summed E-state index contributed by atoms with van der Waals surface area (Å²) < 4.78 is 5.18. The van der Waals surface area contributed by atoms with Crippen molar-refractivity contribution in [1.82, 2.24) is 0 Å². The summed E-state index contributed by atoms with van der Waals surface area (Å²) in [6.07, 6.45) is 7.37. The molecule has 0 aromatic carbocycles. The summed E-state index contributed by atoms with van der Waals surface area (Å²) in [5, 5.41) is 8.37. The lowest BCUT2D eigenvalue weighted by molar-refractivity contribution is -0.138. The Hall–Kier alpha value is -0.900. The van der Waals surface area contributed by atoms with Crippen LogP contribution >= 0.6 is 0 Å². The van der Waals surface area contributed by atoms with E-state index >= 15 is 0 Å². The van der Waals surface area contributed by atoms with E-state index in [0.29, 0.717) is 19.6 Å². The second-order valence-electron chi connectivity index (χ2n) is 4.33. The molecule has 0 bridgehead atoms. The highest BCUT2D eigenvalue weighted by molar-refractivity contribution is 5.75. The number of ketones is 1. The topological polar surface area (TPSA) is 63.6 Å². The first-order valence-corrected chi connectivity index (χ1v) is 6.42. The van der Waals surface area contributed by atoms with Crippen LogP contribution in [0.4, 0.5) is 0 Å². The molecule has 0 saturated carbocycles. The Balaban J connectivity index is 2.98. The van der Waals surface area contributed by atoms with Crippen LogP contribution in [0.3, 0.4) is 0 Å². The maximum Gasteiger partial charge on any atom is 0.305 e. The molecular formula is C13H24O4. The molecule has 0 saturated heterocycles. The Morgan fingerprint density at radius 1 is 0.882 bits per heavy atom. The number of carbonyl (C=O) groups excluding carboxylic acids is 1. The molecule has 4 nitrogen and oxygen atoms in total. The van der Waals surface area contributed by atoms with Crippen molar-refractivity contribution in [2.75, 3.05) is 13.2 Å². The highest BCUT2D eigenvalue weighted by atomic mass is 16.5. The van der Waals surface area contributed by atoms with E-state index in [1.54, 1.807) is 6.92 Å². The molecule has 0 rings (SSSR count). The van der Waals surface area contributed by atoms with Gasteiger partial charge in [0.25, 0.3) is 0 Å². The Morgan fingerprint density at radius 2 is 1.47 bits per heavy atom. The molecule has 0 aliphatic carbocycles. The van der Waals surface area contributed by atoms with Gasteiger partial charge in [-0.3, -0.25) is 4.79 Å². The lowest BCUT2D eigenvalue weighted by Crippen LogP contribution is -2.03. The number of hydrogen-bond donors (Lipinski definition) is 1. The van der Waals surface area contributed by atoms with Gasteiger partial charge in [0.2, 0.25) is 0 Å². The summed E-state index contributed by atoms with van der Waals surface area (Å²) in [6, 6.07) is 0. The Labute approximate surface area is 103 Å². The summed E-state index contributed by atoms with van der Waals surface area (Å²) in [6.45, 7) is 2.60. The number of carboxylic acid groups (broad SMARTS) is 1. The van der Waals surface area contributed by atoms with Gasteiger partial charge in [0.15, 0.2) is 0 Å². The molecular weight excluding hydrogens is 220 g/mol. The first-order valence-electron chi connectivity index (χ1n) is 6.42. The van der Waals surface area contributed by atoms with E-state index in [4.69, 9.17) is 9.84 Å². The van der Waals surface area contributed by atoms with Crippen LogP contribution in [0.25, 0.3) is 0 Å². The number of aliphatic carboxylic acids is 1. The number of rotatable bonds is 12. The third-order valence-electron chi connectivity index (χ3n) is 2.53. The van der Waals surface area contributed by atoms with Crippen LogP contribution in [0.1, 0.15) is 58.3 Å². The van der Waals surface area contributed by atoms with Crippen molar-refractivity contribution in [2.45, 2.75) is 58.3 Å². The summed E-state index contributed by atoms with van der Waals surface area (Å²) >= 11 is 0. The lowest BCUT2D eigenvalue weighted by atomic mass is 10.1. The molecule has 0 aliphatic rings. The van der Waals surface area contributed by atoms with Crippen molar-refractivity contribution in [1.29, 1.82) is 0 Å². The van der Waals surface area contributed by atoms with Crippen LogP contribution in [0, 0.1) is 0 Å². The standard InChI is InChI=1S/C13H24O4/c1-12(14)8-6-4-2-3-5-7-10-17-11-9-13(15)16/h2-11H2,1H3,(H,15,16). The minimum absolute atomic E-state index is 0.0883. The third-order valence-corrected chi connectivity index (χ3v) is 2.53. The monoisotopic (exact) mass is 244 g/mol. The molecule has 4 heteroatoms. The molecule has 0 aromatic rings. The quantitative estimate of drug-likeness (QED) is 0.536. The minimum Gasteiger partial charge on any atom is -0.481 e. The smallest absolute Gasteiger partial charge is 0.305 e. The maximum atomic E-state index is 10.7. The first-order chi connectivity index (χ1) is 8.13. The number of carboxylic acids is 1. The minimum atomic E-state index is -0.810. The van der Waals surface area contributed by atoms with Gasteiger partial charge < -0.3 is 14.6 Å². The van der Waals surface area contributed by atoms with Gasteiger partial charge in [0.05, 0.1) is 13.0 Å². The summed E-state index contributed by atoms with van der Waals surface area (Å²) in [7, 11) is 0. The Morgan fingerprint density at radius 3 is 2.06 bits per heavy atom. The molecule has 17 heavy (non-hydrogen) atoms. The fraction of sp³-hybridized carbons (Fsp3) is 0.846. The second kappa shape index (κ2) is 11.6. The highest BCUT2D eigenvalue weighted by Gasteiger charge is 1.97. The zero-order valence-electron chi connectivity index (χ0n) is 10.7. The molecule has 0 unspecified atom stereocenters. The van der Waals surface area contributed by atoms with Crippen LogP contribution in [0.2, 0.25) is 0 Å². The van der Waals surface area contributed by atoms with Crippen molar-refractivity contribution in [2.24, 2.45) is 0 Å². The summed E-state index contributed by atoms with van der Waals surface area (Å²) in [5.41, 5.74) is 0. The summed E-state index contributed by atoms with van der Waals surface area (Å²) in [4.78, 5) is 20.8. The molecule has 100 valence electrons. The Bertz CT molecular complexity index is 191. The van der Waals surface area contributed by atoms with Crippen LogP contribution in [-0.2, 0) is 14.3 Å². The van der Waals surface area contributed by atoms with Gasteiger partial charge in [0, 0.05) is 13.0 Å². The largest absolute Gasteiger partial charge is 0.481 e. The molecule has 0 amide bonds. The zero-order valence-corrected chi connectivity index (χ0v) is 10.7. The molecule has 1 N–H and O–H groups in total. The molecule has 0 radical (unpaired) electrons. The van der Waals surface area contributed by atoms with Crippen molar-refractivity contribution >= 4 is 11.8 Å². The van der Waals surface area contributed by atoms with Gasteiger partial charge in [-0.1, -0.05) is 25.7 Å². The van der Waals surface area contributed by atoms with Crippen molar-refractivity contribution < 1.29 is 19.4 Å². The van der Waals surface area contributed by atoms with E-state index in [0.717, 1.165) is 25.7 Å². The SMILES string of the molecule is CC(=O)CCCCCCCCOCCC(=O)O. The molecule has 0 spiro atoms. The third kappa shape index (κ3) is 15.1. The first kappa shape index (κ1) is 16.1. The zero-order chi connectivity index (χ0) is 12.9. The van der Waals surface area contributed by atoms with Gasteiger partial charge in [0.1, 0.15) is 5.78 Å². The van der Waals surface area contributed by atoms with E-state index in [2.05, 4.69) is 0 Å². The average Bonchev–Trinajstić information content (AvgIpc) is 2.25. The van der Waals surface area contributed by atoms with Crippen LogP contribution in [0.5, 0.6) is 0 Å². The highest BCUT2D eigenvalue weighted by Crippen LogP contribution is 2.07. The molecule has 0 heterocycles. The second-order valence-corrected chi connectivity index (χ2v) is 4.33. The molecule has 0 aromatic heterocycles. The maximum absolute atomic E-state index is 10.7. The van der Waals surface area contributed by atoms with Gasteiger partial charge in [-0.25, -0.2) is 0 Å². The number of unbranched alkanes of at least 4 members (excludes halogenated alkanes) is 5. The number of carbonyl (C=O) groups is 2. The molecule has 0 aliphatic heterocycles. The fourth-order valence-electron chi connectivity index (χ4n) is 1.55. The van der Waals surface area contributed by atoms with Crippen molar-refractivity contribution in [3.8, 4) is 0 Å². The van der Waals surface area contributed by atoms with Gasteiger partial charge in [-0.2, -0.15) is 0 Å². The normalized spacial score (nSPS) is 10.4. The van der Waals surface area contributed by atoms with Crippen molar-refractivity contribution in [3.05, 3.63) is 0 Å².